The van der Waals surface area contributed by atoms with E-state index in [2.05, 4.69) is 4.98 Å². The van der Waals surface area contributed by atoms with Crippen LogP contribution < -0.4 is 0 Å². The second-order valence-corrected chi connectivity index (χ2v) is 3.97. The summed E-state index contributed by atoms with van der Waals surface area (Å²) in [6.07, 6.45) is 3.55. The summed E-state index contributed by atoms with van der Waals surface area (Å²) in [7, 11) is 0. The van der Waals surface area contributed by atoms with Gasteiger partial charge in [-0.1, -0.05) is 0 Å². The Morgan fingerprint density at radius 1 is 1.62 bits per heavy atom. The van der Waals surface area contributed by atoms with Crippen molar-refractivity contribution in [1.82, 2.24) is 9.55 Å². The summed E-state index contributed by atoms with van der Waals surface area (Å²) in [4.78, 5) is 3.56. The lowest BCUT2D eigenvalue weighted by molar-refractivity contribution is 0.608. The molecule has 1 N–H and O–H groups in total. The fraction of sp³-hybridized carbons (Fsp3) is 0.125. The Kier molecular flexibility index (Phi) is 2.28. The maximum Gasteiger partial charge on any atom is 0.177 e. The van der Waals surface area contributed by atoms with Gasteiger partial charge in [0.2, 0.25) is 0 Å². The first-order chi connectivity index (χ1) is 6.27. The van der Waals surface area contributed by atoms with Gasteiger partial charge < -0.3 is 9.55 Å². The van der Waals surface area contributed by atoms with Gasteiger partial charge in [0, 0.05) is 12.4 Å². The lowest BCUT2D eigenvalue weighted by Crippen LogP contribution is -1.97. The summed E-state index contributed by atoms with van der Waals surface area (Å²) in [5.41, 5.74) is 0. The standard InChI is InChI=1S/C8H7FN2S2/c9-6-1-4-13-7(6)5-11-3-2-10-8(11)12/h1-4H,5H2,(H,10,12). The van der Waals surface area contributed by atoms with E-state index in [-0.39, 0.29) is 5.82 Å². The van der Waals surface area contributed by atoms with Crippen LogP contribution in [0.25, 0.3) is 0 Å². The van der Waals surface area contributed by atoms with E-state index < -0.39 is 0 Å². The number of hydrogen-bond donors (Lipinski definition) is 1. The molecule has 0 saturated heterocycles. The summed E-state index contributed by atoms with van der Waals surface area (Å²) < 4.78 is 15.4. The van der Waals surface area contributed by atoms with Crippen LogP contribution in [0.4, 0.5) is 4.39 Å². The van der Waals surface area contributed by atoms with Crippen LogP contribution in [0.1, 0.15) is 4.88 Å². The van der Waals surface area contributed by atoms with Gasteiger partial charge in [0.15, 0.2) is 4.77 Å². The summed E-state index contributed by atoms with van der Waals surface area (Å²) in [5, 5.41) is 1.74. The van der Waals surface area contributed by atoms with Crippen LogP contribution >= 0.6 is 23.6 Å². The van der Waals surface area contributed by atoms with Crippen LogP contribution in [-0.4, -0.2) is 9.55 Å². The van der Waals surface area contributed by atoms with Gasteiger partial charge >= 0.3 is 0 Å². The van der Waals surface area contributed by atoms with Gasteiger partial charge in [-0.25, -0.2) is 4.39 Å². The minimum atomic E-state index is -0.159. The molecule has 0 amide bonds. The molecule has 0 saturated carbocycles. The molecule has 5 heteroatoms. The normalized spacial score (nSPS) is 10.5. The first-order valence-electron chi connectivity index (χ1n) is 3.73. The molecule has 13 heavy (non-hydrogen) atoms. The molecule has 0 spiro atoms. The van der Waals surface area contributed by atoms with Gasteiger partial charge in [-0.2, -0.15) is 0 Å². The van der Waals surface area contributed by atoms with Gasteiger partial charge in [0.25, 0.3) is 0 Å². The van der Waals surface area contributed by atoms with Crippen molar-refractivity contribution in [3.05, 3.63) is 39.3 Å². The Bertz CT molecular complexity index is 454. The highest BCUT2D eigenvalue weighted by Crippen LogP contribution is 2.16. The lowest BCUT2D eigenvalue weighted by atomic mass is 10.4. The molecule has 2 aromatic rings. The summed E-state index contributed by atoms with van der Waals surface area (Å²) in [6.45, 7) is 0.506. The largest absolute Gasteiger partial charge is 0.337 e. The average Bonchev–Trinajstić information content (AvgIpc) is 2.65. The minimum Gasteiger partial charge on any atom is -0.337 e. The maximum absolute atomic E-state index is 13.0. The SMILES string of the molecule is Fc1ccsc1Cn1cc[nH]c1=S. The number of H-pyrrole nitrogens is 1. The van der Waals surface area contributed by atoms with E-state index in [9.17, 15) is 4.39 Å². The zero-order valence-electron chi connectivity index (χ0n) is 6.66. The first kappa shape index (κ1) is 8.65. The number of hydrogen-bond acceptors (Lipinski definition) is 2. The van der Waals surface area contributed by atoms with Gasteiger partial charge in [-0.3, -0.25) is 0 Å². The number of imidazole rings is 1. The van der Waals surface area contributed by atoms with E-state index in [0.717, 1.165) is 0 Å². The molecule has 0 bridgehead atoms. The molecule has 0 atom stereocenters. The predicted octanol–water partition coefficient (Wildman–Crippen LogP) is 2.79. The van der Waals surface area contributed by atoms with Crippen molar-refractivity contribution in [2.45, 2.75) is 6.54 Å². The fourth-order valence-electron chi connectivity index (χ4n) is 1.07. The van der Waals surface area contributed by atoms with Crippen molar-refractivity contribution in [2.75, 3.05) is 0 Å². The van der Waals surface area contributed by atoms with Crippen molar-refractivity contribution in [3.63, 3.8) is 0 Å². The van der Waals surface area contributed by atoms with Crippen molar-refractivity contribution >= 4 is 23.6 Å². The van der Waals surface area contributed by atoms with Crippen LogP contribution in [0.5, 0.6) is 0 Å². The highest BCUT2D eigenvalue weighted by atomic mass is 32.1. The number of nitrogens with one attached hydrogen (secondary N) is 1. The summed E-state index contributed by atoms with van der Waals surface area (Å²) in [5.74, 6) is -0.159. The van der Waals surface area contributed by atoms with E-state index in [0.29, 0.717) is 16.2 Å². The van der Waals surface area contributed by atoms with Crippen LogP contribution in [-0.2, 0) is 6.54 Å². The van der Waals surface area contributed by atoms with Crippen LogP contribution in [0.15, 0.2) is 23.8 Å². The number of halogens is 1. The smallest absolute Gasteiger partial charge is 0.177 e. The molecular weight excluding hydrogens is 207 g/mol. The van der Waals surface area contributed by atoms with Crippen LogP contribution in [0.3, 0.4) is 0 Å². The molecule has 2 aromatic heterocycles. The molecule has 2 rings (SSSR count). The molecule has 0 aromatic carbocycles. The quantitative estimate of drug-likeness (QED) is 0.762. The zero-order chi connectivity index (χ0) is 9.26. The minimum absolute atomic E-state index is 0.159. The predicted molar refractivity (Wildman–Crippen MR) is 53.0 cm³/mol. The molecule has 68 valence electrons. The van der Waals surface area contributed by atoms with E-state index in [1.165, 1.54) is 17.4 Å². The second-order valence-electron chi connectivity index (χ2n) is 2.58. The molecule has 0 unspecified atom stereocenters. The average molecular weight is 214 g/mol. The molecule has 2 nitrogen and oxygen atoms in total. The maximum atomic E-state index is 13.0. The van der Waals surface area contributed by atoms with E-state index >= 15 is 0 Å². The Morgan fingerprint density at radius 2 is 2.46 bits per heavy atom. The van der Waals surface area contributed by atoms with Crippen molar-refractivity contribution < 1.29 is 4.39 Å². The van der Waals surface area contributed by atoms with Gasteiger partial charge in [0.05, 0.1) is 11.4 Å². The highest BCUT2D eigenvalue weighted by molar-refractivity contribution is 7.71. The second kappa shape index (κ2) is 3.43. The van der Waals surface area contributed by atoms with Crippen LogP contribution in [0.2, 0.25) is 0 Å². The number of aromatic amines is 1. The molecule has 0 fully saturated rings. The fourth-order valence-corrected chi connectivity index (χ4v) is 2.01. The third-order valence-corrected chi connectivity index (χ3v) is 2.96. The molecule has 0 aliphatic rings. The van der Waals surface area contributed by atoms with E-state index in [1.807, 2.05) is 6.20 Å². The summed E-state index contributed by atoms with van der Waals surface area (Å²) >= 11 is 6.39. The molecule has 0 radical (unpaired) electrons. The third kappa shape index (κ3) is 1.71. The zero-order valence-corrected chi connectivity index (χ0v) is 8.29. The Hall–Kier alpha value is -0.940. The first-order valence-corrected chi connectivity index (χ1v) is 5.02. The summed E-state index contributed by atoms with van der Waals surface area (Å²) in [6, 6.07) is 1.47. The number of nitrogens with zero attached hydrogens (tertiary/aromatic N) is 1. The number of thiophene rings is 1. The Balaban J connectivity index is 2.29. The van der Waals surface area contributed by atoms with Gasteiger partial charge in [-0.15, -0.1) is 11.3 Å². The van der Waals surface area contributed by atoms with Crippen LogP contribution in [0, 0.1) is 10.6 Å². The number of rotatable bonds is 2. The monoisotopic (exact) mass is 214 g/mol. The molecule has 0 aliphatic carbocycles. The third-order valence-electron chi connectivity index (χ3n) is 1.73. The Labute approximate surface area is 83.7 Å². The number of aromatic nitrogens is 2. The van der Waals surface area contributed by atoms with E-state index in [1.54, 1.807) is 16.1 Å². The van der Waals surface area contributed by atoms with Crippen molar-refractivity contribution in [1.29, 1.82) is 0 Å². The molecular formula is C8H7FN2S2. The van der Waals surface area contributed by atoms with Gasteiger partial charge in [0.1, 0.15) is 5.82 Å². The Morgan fingerprint density at radius 3 is 3.00 bits per heavy atom. The highest BCUT2D eigenvalue weighted by Gasteiger charge is 2.03. The topological polar surface area (TPSA) is 20.7 Å². The van der Waals surface area contributed by atoms with Crippen molar-refractivity contribution in [3.8, 4) is 0 Å². The molecule has 2 heterocycles. The van der Waals surface area contributed by atoms with E-state index in [4.69, 9.17) is 12.2 Å². The van der Waals surface area contributed by atoms with Crippen molar-refractivity contribution in [2.24, 2.45) is 0 Å². The van der Waals surface area contributed by atoms with Gasteiger partial charge in [-0.05, 0) is 23.7 Å². The molecule has 0 aliphatic heterocycles. The lowest BCUT2D eigenvalue weighted by Gasteiger charge is -1.98.